The molecule has 0 saturated heterocycles. The van der Waals surface area contributed by atoms with Crippen molar-refractivity contribution in [3.8, 4) is 5.75 Å². The summed E-state index contributed by atoms with van der Waals surface area (Å²) in [6, 6.07) is 3.08. The van der Waals surface area contributed by atoms with Gasteiger partial charge in [-0.2, -0.15) is 0 Å². The lowest BCUT2D eigenvalue weighted by Gasteiger charge is -2.13. The molecule has 0 spiro atoms. The molecule has 1 aromatic carbocycles. The largest absolute Gasteiger partial charge is 0.507 e. The number of phenols is 1. The van der Waals surface area contributed by atoms with E-state index < -0.39 is 17.7 Å². The summed E-state index contributed by atoms with van der Waals surface area (Å²) >= 11 is 0. The summed E-state index contributed by atoms with van der Waals surface area (Å²) in [5.41, 5.74) is -0.162. The first-order valence-corrected chi connectivity index (χ1v) is 5.92. The zero-order valence-corrected chi connectivity index (χ0v) is 10.5. The van der Waals surface area contributed by atoms with Gasteiger partial charge < -0.3 is 15.5 Å². The summed E-state index contributed by atoms with van der Waals surface area (Å²) in [5.74, 6) is -2.70. The van der Waals surface area contributed by atoms with Gasteiger partial charge in [0.15, 0.2) is 0 Å². The fourth-order valence-electron chi connectivity index (χ4n) is 1.63. The van der Waals surface area contributed by atoms with Crippen molar-refractivity contribution in [2.45, 2.75) is 19.8 Å². The third-order valence-electron chi connectivity index (χ3n) is 2.80. The van der Waals surface area contributed by atoms with E-state index in [1.807, 2.05) is 6.92 Å². The first kappa shape index (κ1) is 14.9. The molecule has 5 nitrogen and oxygen atoms in total. The van der Waals surface area contributed by atoms with Gasteiger partial charge in [-0.15, -0.1) is 0 Å². The zero-order valence-electron chi connectivity index (χ0n) is 10.5. The molecule has 1 aromatic rings. The number of carboxylic acid groups (broad SMARTS) is 1. The van der Waals surface area contributed by atoms with Gasteiger partial charge in [0.1, 0.15) is 11.6 Å². The number of aliphatic carboxylic acids is 1. The van der Waals surface area contributed by atoms with Gasteiger partial charge in [-0.3, -0.25) is 9.59 Å². The number of nitrogens with one attached hydrogen (secondary N) is 1. The third-order valence-corrected chi connectivity index (χ3v) is 2.80. The molecule has 0 aliphatic heterocycles. The normalized spacial score (nSPS) is 11.9. The van der Waals surface area contributed by atoms with Crippen LogP contribution in [0.3, 0.4) is 0 Å². The van der Waals surface area contributed by atoms with Gasteiger partial charge in [0.05, 0.1) is 5.56 Å². The molecule has 1 amide bonds. The zero-order chi connectivity index (χ0) is 14.4. The van der Waals surface area contributed by atoms with Crippen LogP contribution in [0.5, 0.6) is 5.75 Å². The van der Waals surface area contributed by atoms with E-state index in [4.69, 9.17) is 5.11 Å². The molecule has 1 rings (SSSR count). The van der Waals surface area contributed by atoms with E-state index in [-0.39, 0.29) is 30.2 Å². The molecular weight excluding hydrogens is 253 g/mol. The number of phenolic OH excluding ortho intramolecular Hbond substituents is 1. The molecule has 1 unspecified atom stereocenters. The number of carboxylic acids is 1. The van der Waals surface area contributed by atoms with Crippen LogP contribution in [-0.4, -0.2) is 28.6 Å². The average Bonchev–Trinajstić information content (AvgIpc) is 2.36. The van der Waals surface area contributed by atoms with E-state index in [9.17, 15) is 19.1 Å². The molecule has 0 aliphatic rings. The van der Waals surface area contributed by atoms with Crippen molar-refractivity contribution >= 4 is 11.9 Å². The highest BCUT2D eigenvalue weighted by molar-refractivity contribution is 5.96. The number of benzene rings is 1. The second-order valence-corrected chi connectivity index (χ2v) is 4.24. The van der Waals surface area contributed by atoms with Crippen LogP contribution in [0.2, 0.25) is 0 Å². The Bertz CT molecular complexity index is 476. The fraction of sp³-hybridized carbons (Fsp3) is 0.385. The summed E-state index contributed by atoms with van der Waals surface area (Å²) in [7, 11) is 0. The number of aromatic hydroxyl groups is 1. The quantitative estimate of drug-likeness (QED) is 0.734. The van der Waals surface area contributed by atoms with Gasteiger partial charge in [0.2, 0.25) is 0 Å². The first-order valence-electron chi connectivity index (χ1n) is 5.92. The van der Waals surface area contributed by atoms with Crippen LogP contribution in [0.1, 0.15) is 30.1 Å². The molecule has 19 heavy (non-hydrogen) atoms. The van der Waals surface area contributed by atoms with Crippen LogP contribution in [0.15, 0.2) is 18.2 Å². The highest BCUT2D eigenvalue weighted by Crippen LogP contribution is 2.17. The Hall–Kier alpha value is -2.11. The van der Waals surface area contributed by atoms with E-state index in [1.165, 1.54) is 0 Å². The second kappa shape index (κ2) is 6.72. The Morgan fingerprint density at radius 2 is 2.11 bits per heavy atom. The van der Waals surface area contributed by atoms with Gasteiger partial charge in [-0.25, -0.2) is 4.39 Å². The van der Waals surface area contributed by atoms with E-state index in [0.29, 0.717) is 6.42 Å². The molecule has 0 aliphatic carbocycles. The number of carbonyl (C=O) groups is 2. The van der Waals surface area contributed by atoms with Crippen LogP contribution in [0.4, 0.5) is 4.39 Å². The minimum absolute atomic E-state index is 0.0497. The summed E-state index contributed by atoms with van der Waals surface area (Å²) in [5, 5.41) is 20.6. The molecule has 104 valence electrons. The van der Waals surface area contributed by atoms with Crippen molar-refractivity contribution in [2.24, 2.45) is 5.92 Å². The summed E-state index contributed by atoms with van der Waals surface area (Å²) in [4.78, 5) is 22.3. The van der Waals surface area contributed by atoms with Gasteiger partial charge in [0, 0.05) is 13.0 Å². The van der Waals surface area contributed by atoms with E-state index in [1.54, 1.807) is 0 Å². The van der Waals surface area contributed by atoms with Crippen molar-refractivity contribution in [2.75, 3.05) is 6.54 Å². The lowest BCUT2D eigenvalue weighted by molar-refractivity contribution is -0.138. The van der Waals surface area contributed by atoms with Gasteiger partial charge in [-0.1, -0.05) is 13.3 Å². The lowest BCUT2D eigenvalue weighted by atomic mass is 10.0. The Balaban J connectivity index is 2.64. The SMILES string of the molecule is CCC(CNC(=O)c1cc(F)ccc1O)CC(=O)O. The number of hydrogen-bond donors (Lipinski definition) is 3. The van der Waals surface area contributed by atoms with Crippen LogP contribution >= 0.6 is 0 Å². The molecule has 0 heterocycles. The van der Waals surface area contributed by atoms with Gasteiger partial charge in [-0.05, 0) is 24.1 Å². The average molecular weight is 269 g/mol. The lowest BCUT2D eigenvalue weighted by Crippen LogP contribution is -2.30. The van der Waals surface area contributed by atoms with Crippen LogP contribution in [0, 0.1) is 11.7 Å². The number of rotatable bonds is 6. The molecule has 1 atom stereocenters. The van der Waals surface area contributed by atoms with Gasteiger partial charge >= 0.3 is 5.97 Å². The molecule has 3 N–H and O–H groups in total. The maximum absolute atomic E-state index is 13.0. The molecule has 6 heteroatoms. The highest BCUT2D eigenvalue weighted by Gasteiger charge is 2.15. The van der Waals surface area contributed by atoms with E-state index in [0.717, 1.165) is 18.2 Å². The minimum Gasteiger partial charge on any atom is -0.507 e. The third kappa shape index (κ3) is 4.57. The molecule has 0 radical (unpaired) electrons. The van der Waals surface area contributed by atoms with Crippen molar-refractivity contribution < 1.29 is 24.2 Å². The summed E-state index contributed by atoms with van der Waals surface area (Å²) in [6.07, 6.45) is 0.549. The highest BCUT2D eigenvalue weighted by atomic mass is 19.1. The van der Waals surface area contributed by atoms with Crippen molar-refractivity contribution in [3.05, 3.63) is 29.6 Å². The second-order valence-electron chi connectivity index (χ2n) is 4.24. The maximum atomic E-state index is 13.0. The Morgan fingerprint density at radius 1 is 1.42 bits per heavy atom. The molecular formula is C13H16FNO4. The first-order chi connectivity index (χ1) is 8.93. The van der Waals surface area contributed by atoms with Crippen LogP contribution in [-0.2, 0) is 4.79 Å². The number of carbonyl (C=O) groups excluding carboxylic acids is 1. The predicted molar refractivity (Wildman–Crippen MR) is 66.4 cm³/mol. The van der Waals surface area contributed by atoms with E-state index in [2.05, 4.69) is 5.32 Å². The molecule has 0 fully saturated rings. The van der Waals surface area contributed by atoms with Crippen molar-refractivity contribution in [1.29, 1.82) is 0 Å². The summed E-state index contributed by atoms with van der Waals surface area (Å²) < 4.78 is 13.0. The van der Waals surface area contributed by atoms with E-state index >= 15 is 0 Å². The number of halogens is 1. The Labute approximate surface area is 110 Å². The molecule has 0 bridgehead atoms. The molecule has 0 aromatic heterocycles. The fourth-order valence-corrected chi connectivity index (χ4v) is 1.63. The van der Waals surface area contributed by atoms with Gasteiger partial charge in [0.25, 0.3) is 5.91 Å². The smallest absolute Gasteiger partial charge is 0.303 e. The van der Waals surface area contributed by atoms with Crippen molar-refractivity contribution in [1.82, 2.24) is 5.32 Å². The monoisotopic (exact) mass is 269 g/mol. The predicted octanol–water partition coefficient (Wildman–Crippen LogP) is 1.76. The molecule has 0 saturated carbocycles. The number of hydrogen-bond acceptors (Lipinski definition) is 3. The minimum atomic E-state index is -0.935. The van der Waals surface area contributed by atoms with Crippen LogP contribution in [0.25, 0.3) is 0 Å². The standard InChI is InChI=1S/C13H16FNO4/c1-2-8(5-12(17)18)7-15-13(19)10-6-9(14)3-4-11(10)16/h3-4,6,8,16H,2,5,7H2,1H3,(H,15,19)(H,17,18). The topological polar surface area (TPSA) is 86.6 Å². The number of amides is 1. The van der Waals surface area contributed by atoms with Crippen LogP contribution < -0.4 is 5.32 Å². The maximum Gasteiger partial charge on any atom is 0.303 e. The Kier molecular flexibility index (Phi) is 5.29. The van der Waals surface area contributed by atoms with Crippen molar-refractivity contribution in [3.63, 3.8) is 0 Å². The Morgan fingerprint density at radius 3 is 2.68 bits per heavy atom. The summed E-state index contributed by atoms with van der Waals surface area (Å²) in [6.45, 7) is 1.98.